The van der Waals surface area contributed by atoms with Crippen molar-refractivity contribution in [2.24, 2.45) is 11.7 Å². The zero-order valence-electron chi connectivity index (χ0n) is 25.5. The second-order valence-corrected chi connectivity index (χ2v) is 12.5. The molecule has 2 aromatic carbocycles. The third-order valence-electron chi connectivity index (χ3n) is 9.12. The first-order valence-corrected chi connectivity index (χ1v) is 15.7. The number of hydrogen-bond acceptors (Lipinski definition) is 6. The number of methoxy groups -OCH3 is 1. The van der Waals surface area contributed by atoms with Crippen LogP contribution in [0, 0.1) is 11.7 Å². The molecule has 9 nitrogen and oxygen atoms in total. The predicted molar refractivity (Wildman–Crippen MR) is 175 cm³/mol. The van der Waals surface area contributed by atoms with Crippen LogP contribution in [0.1, 0.15) is 48.8 Å². The van der Waals surface area contributed by atoms with Gasteiger partial charge in [-0.15, -0.1) is 0 Å². The average Bonchev–Trinajstić information content (AvgIpc) is 3.83. The number of aromatic nitrogens is 2. The Bertz CT molecular complexity index is 1690. The molecule has 0 bridgehead atoms. The van der Waals surface area contributed by atoms with Gasteiger partial charge >= 0.3 is 6.03 Å². The molecule has 46 heavy (non-hydrogen) atoms. The Labute approximate surface area is 272 Å². The van der Waals surface area contributed by atoms with Gasteiger partial charge in [-0.05, 0) is 71.8 Å². The summed E-state index contributed by atoms with van der Waals surface area (Å²) in [4.78, 5) is 37.4. The van der Waals surface area contributed by atoms with Crippen molar-refractivity contribution < 1.29 is 18.7 Å². The number of carbonyl (C=O) groups is 2. The third kappa shape index (κ3) is 6.60. The Morgan fingerprint density at radius 2 is 1.83 bits per heavy atom. The monoisotopic (exact) mass is 642 g/mol. The number of hydrogen-bond donors (Lipinski definition) is 3. The summed E-state index contributed by atoms with van der Waals surface area (Å²) in [5, 5.41) is 5.93. The average molecular weight is 643 g/mol. The van der Waals surface area contributed by atoms with Gasteiger partial charge in [0.15, 0.2) is 0 Å². The van der Waals surface area contributed by atoms with Gasteiger partial charge in [-0.3, -0.25) is 15.1 Å². The Morgan fingerprint density at radius 3 is 2.50 bits per heavy atom. The van der Waals surface area contributed by atoms with Crippen LogP contribution in [0.5, 0.6) is 0 Å². The number of likely N-dealkylation sites (tertiary alicyclic amines) is 1. The van der Waals surface area contributed by atoms with Crippen molar-refractivity contribution >= 4 is 35.0 Å². The summed E-state index contributed by atoms with van der Waals surface area (Å²) in [6.07, 6.45) is 8.89. The largest absolute Gasteiger partial charge is 0.372 e. The van der Waals surface area contributed by atoms with E-state index >= 15 is 4.39 Å². The molecule has 2 aromatic heterocycles. The van der Waals surface area contributed by atoms with Crippen molar-refractivity contribution in [1.82, 2.24) is 14.9 Å². The molecule has 11 heteroatoms. The standard InChI is InChI=1S/C35H36ClFN6O3/c1-46-34(24-5-3-2-4-6-24)20-30(43(22-34)33(45)42-31-12-10-27(36)21-40-31)32(44)41-29-19-26(9-11-28(29)37)35(38,16-13-23-7-8-23)25-14-17-39-18-15-25/h2-6,9-12,14-15,17-19,21,23,30H,7-8,13,16,20,22,38H2,1H3,(H,41,44)(H,40,42,45)/t30-,34-,35?/m1/s1. The maximum absolute atomic E-state index is 15.4. The molecule has 4 aromatic rings. The molecule has 1 saturated carbocycles. The fourth-order valence-corrected chi connectivity index (χ4v) is 6.34. The van der Waals surface area contributed by atoms with Crippen LogP contribution in [0.2, 0.25) is 5.02 Å². The minimum absolute atomic E-state index is 0.0212. The van der Waals surface area contributed by atoms with E-state index in [1.807, 2.05) is 42.5 Å². The van der Waals surface area contributed by atoms with Gasteiger partial charge in [0.05, 0.1) is 22.8 Å². The van der Waals surface area contributed by atoms with E-state index in [0.717, 1.165) is 17.5 Å². The second-order valence-electron chi connectivity index (χ2n) is 12.1. The Hall–Kier alpha value is -4.38. The van der Waals surface area contributed by atoms with Crippen LogP contribution in [0.3, 0.4) is 0 Å². The first-order valence-electron chi connectivity index (χ1n) is 15.3. The zero-order chi connectivity index (χ0) is 32.3. The van der Waals surface area contributed by atoms with E-state index in [2.05, 4.69) is 20.6 Å². The normalized spacial score (nSPS) is 20.6. The van der Waals surface area contributed by atoms with E-state index in [-0.39, 0.29) is 24.5 Å². The van der Waals surface area contributed by atoms with E-state index in [0.29, 0.717) is 22.9 Å². The van der Waals surface area contributed by atoms with Crippen LogP contribution in [-0.2, 0) is 20.7 Å². The lowest BCUT2D eigenvalue weighted by molar-refractivity contribution is -0.119. The number of nitrogens with zero attached hydrogens (tertiary/aromatic N) is 3. The molecule has 2 fully saturated rings. The third-order valence-corrected chi connectivity index (χ3v) is 9.34. The number of carbonyl (C=O) groups excluding carboxylic acids is 2. The van der Waals surface area contributed by atoms with Crippen LogP contribution in [0.25, 0.3) is 0 Å². The molecule has 4 N–H and O–H groups in total. The molecule has 1 saturated heterocycles. The summed E-state index contributed by atoms with van der Waals surface area (Å²) < 4.78 is 21.4. The molecular formula is C35H36ClFN6O3. The highest BCUT2D eigenvalue weighted by Crippen LogP contribution is 2.42. The molecule has 238 valence electrons. The quantitative estimate of drug-likeness (QED) is 0.183. The minimum Gasteiger partial charge on any atom is -0.372 e. The van der Waals surface area contributed by atoms with E-state index in [4.69, 9.17) is 22.1 Å². The number of rotatable bonds is 10. The fourth-order valence-electron chi connectivity index (χ4n) is 6.23. The highest BCUT2D eigenvalue weighted by atomic mass is 35.5. The molecule has 2 aliphatic rings. The first kappa shape index (κ1) is 31.6. The van der Waals surface area contributed by atoms with Crippen LogP contribution in [-0.4, -0.2) is 46.5 Å². The number of pyridine rings is 2. The van der Waals surface area contributed by atoms with Crippen LogP contribution in [0.4, 0.5) is 20.7 Å². The summed E-state index contributed by atoms with van der Waals surface area (Å²) in [7, 11) is 1.55. The van der Waals surface area contributed by atoms with E-state index < -0.39 is 34.9 Å². The zero-order valence-corrected chi connectivity index (χ0v) is 26.2. The number of nitrogens with two attached hydrogens (primary N) is 1. The summed E-state index contributed by atoms with van der Waals surface area (Å²) in [5.41, 5.74) is 7.51. The fraction of sp³-hybridized carbons (Fsp3) is 0.314. The lowest BCUT2D eigenvalue weighted by Crippen LogP contribution is -2.45. The van der Waals surface area contributed by atoms with Crippen LogP contribution >= 0.6 is 11.6 Å². The SMILES string of the molecule is CO[C@]1(c2ccccc2)C[C@H](C(=O)Nc2cc(C(N)(CCC3CC3)c3ccncc3)ccc2F)N(C(=O)Nc2ccc(Cl)cn2)C1. The smallest absolute Gasteiger partial charge is 0.323 e. The predicted octanol–water partition coefficient (Wildman–Crippen LogP) is 6.45. The van der Waals surface area contributed by atoms with Crippen molar-refractivity contribution in [3.05, 3.63) is 119 Å². The highest BCUT2D eigenvalue weighted by Gasteiger charge is 2.50. The summed E-state index contributed by atoms with van der Waals surface area (Å²) >= 11 is 5.97. The number of anilines is 2. The van der Waals surface area contributed by atoms with Gasteiger partial charge in [0.2, 0.25) is 5.91 Å². The molecule has 3 atom stereocenters. The minimum atomic E-state index is -1.01. The highest BCUT2D eigenvalue weighted by molar-refractivity contribution is 6.30. The molecule has 6 rings (SSSR count). The molecule has 1 unspecified atom stereocenters. The van der Waals surface area contributed by atoms with Gasteiger partial charge in [-0.2, -0.15) is 0 Å². The first-order chi connectivity index (χ1) is 22.2. The maximum Gasteiger partial charge on any atom is 0.323 e. The van der Waals surface area contributed by atoms with Crippen LogP contribution in [0.15, 0.2) is 91.4 Å². The summed E-state index contributed by atoms with van der Waals surface area (Å²) in [6, 6.07) is 19.3. The molecule has 0 spiro atoms. The Morgan fingerprint density at radius 1 is 1.07 bits per heavy atom. The topological polar surface area (TPSA) is 122 Å². The number of urea groups is 1. The lowest BCUT2D eigenvalue weighted by atomic mass is 9.79. The van der Waals surface area contributed by atoms with Crippen molar-refractivity contribution in [1.29, 1.82) is 0 Å². The van der Waals surface area contributed by atoms with Gasteiger partial charge in [-0.1, -0.05) is 60.8 Å². The van der Waals surface area contributed by atoms with Gasteiger partial charge in [0.1, 0.15) is 23.3 Å². The molecule has 1 aliphatic heterocycles. The van der Waals surface area contributed by atoms with Gasteiger partial charge in [0.25, 0.3) is 0 Å². The number of amides is 3. The molecule has 1 aliphatic carbocycles. The second kappa shape index (κ2) is 13.2. The Balaban J connectivity index is 1.30. The summed E-state index contributed by atoms with van der Waals surface area (Å²) in [6.45, 7) is 0.0721. The lowest BCUT2D eigenvalue weighted by Gasteiger charge is -2.31. The maximum atomic E-state index is 15.4. The van der Waals surface area contributed by atoms with E-state index in [1.165, 1.54) is 30.0 Å². The summed E-state index contributed by atoms with van der Waals surface area (Å²) in [5.74, 6) is -0.271. The number of halogens is 2. The van der Waals surface area contributed by atoms with E-state index in [9.17, 15) is 9.59 Å². The number of benzene rings is 2. The number of ether oxygens (including phenoxy) is 1. The molecule has 3 amide bonds. The van der Waals surface area contributed by atoms with Crippen molar-refractivity contribution in [2.75, 3.05) is 24.3 Å². The van der Waals surface area contributed by atoms with Gasteiger partial charge in [-0.25, -0.2) is 14.2 Å². The molecule has 0 radical (unpaired) electrons. The van der Waals surface area contributed by atoms with Crippen molar-refractivity contribution in [2.45, 2.75) is 49.3 Å². The molecule has 3 heterocycles. The van der Waals surface area contributed by atoms with Crippen molar-refractivity contribution in [3.8, 4) is 0 Å². The van der Waals surface area contributed by atoms with Crippen LogP contribution < -0.4 is 16.4 Å². The van der Waals surface area contributed by atoms with Gasteiger partial charge < -0.3 is 20.7 Å². The van der Waals surface area contributed by atoms with Crippen molar-refractivity contribution in [3.63, 3.8) is 0 Å². The number of nitrogens with one attached hydrogen (secondary N) is 2. The Kier molecular flexibility index (Phi) is 9.04. The van der Waals surface area contributed by atoms with E-state index in [1.54, 1.807) is 43.8 Å². The van der Waals surface area contributed by atoms with Gasteiger partial charge in [0, 0.05) is 32.1 Å². The molecular weight excluding hydrogens is 607 g/mol.